The van der Waals surface area contributed by atoms with Gasteiger partial charge in [0.15, 0.2) is 0 Å². The van der Waals surface area contributed by atoms with Crippen LogP contribution >= 0.6 is 0 Å². The van der Waals surface area contributed by atoms with Crippen molar-refractivity contribution >= 4 is 10.9 Å². The van der Waals surface area contributed by atoms with Gasteiger partial charge in [-0.2, -0.15) is 0 Å². The van der Waals surface area contributed by atoms with Gasteiger partial charge in [-0.1, -0.05) is 24.6 Å². The van der Waals surface area contributed by atoms with E-state index in [0.29, 0.717) is 18.5 Å². The zero-order valence-electron chi connectivity index (χ0n) is 11.6. The van der Waals surface area contributed by atoms with Crippen LogP contribution in [0.2, 0.25) is 0 Å². The summed E-state index contributed by atoms with van der Waals surface area (Å²) in [5.41, 5.74) is 10.0. The number of fused-ring (bicyclic) bond motifs is 1. The number of hydrogen-bond donors (Lipinski definition) is 3. The number of H-pyrrole nitrogens is 1. The molecule has 1 aromatic heterocycles. The van der Waals surface area contributed by atoms with E-state index in [9.17, 15) is 0 Å². The van der Waals surface area contributed by atoms with Gasteiger partial charge in [-0.15, -0.1) is 0 Å². The van der Waals surface area contributed by atoms with E-state index >= 15 is 0 Å². The summed E-state index contributed by atoms with van der Waals surface area (Å²) in [7, 11) is 0. The smallest absolute Gasteiger partial charge is 0.0458 e. The quantitative estimate of drug-likeness (QED) is 0.792. The molecular weight excluding hydrogens is 234 g/mol. The zero-order valence-corrected chi connectivity index (χ0v) is 11.6. The first kappa shape index (κ1) is 12.7. The van der Waals surface area contributed by atoms with E-state index in [2.05, 4.69) is 41.5 Å². The standard InChI is InChI=1S/C16H23N3/c1-11-16(12-6-2-3-8-15(12)19-11)13(10-17)14-7-4-5-9-18-14/h2-3,6,8,13-14,18-19H,4-5,7,9-10,17H2,1H3. The highest BCUT2D eigenvalue weighted by atomic mass is 14.9. The number of aromatic amines is 1. The number of nitrogens with one attached hydrogen (secondary N) is 2. The summed E-state index contributed by atoms with van der Waals surface area (Å²) in [5.74, 6) is 0.413. The maximum atomic E-state index is 6.10. The number of piperidine rings is 1. The molecule has 2 atom stereocenters. The van der Waals surface area contributed by atoms with Crippen molar-refractivity contribution in [2.24, 2.45) is 5.73 Å². The summed E-state index contributed by atoms with van der Waals surface area (Å²) in [5, 5.41) is 4.99. The summed E-state index contributed by atoms with van der Waals surface area (Å²) in [6, 6.07) is 9.07. The first-order valence-corrected chi connectivity index (χ1v) is 7.32. The van der Waals surface area contributed by atoms with Crippen LogP contribution < -0.4 is 11.1 Å². The molecular formula is C16H23N3. The van der Waals surface area contributed by atoms with Gasteiger partial charge in [-0.05, 0) is 37.9 Å². The molecule has 3 nitrogen and oxygen atoms in total. The minimum atomic E-state index is 0.413. The molecule has 0 saturated carbocycles. The van der Waals surface area contributed by atoms with Crippen molar-refractivity contribution in [3.8, 4) is 0 Å². The average molecular weight is 257 g/mol. The summed E-state index contributed by atoms with van der Waals surface area (Å²) in [4.78, 5) is 3.50. The Hall–Kier alpha value is -1.32. The Balaban J connectivity index is 2.02. The van der Waals surface area contributed by atoms with Crippen LogP contribution in [-0.4, -0.2) is 24.1 Å². The lowest BCUT2D eigenvalue weighted by molar-refractivity contribution is 0.353. The fourth-order valence-corrected chi connectivity index (χ4v) is 3.48. The third kappa shape index (κ3) is 2.28. The lowest BCUT2D eigenvalue weighted by atomic mass is 9.85. The normalized spacial score (nSPS) is 21.7. The van der Waals surface area contributed by atoms with Crippen molar-refractivity contribution in [2.75, 3.05) is 13.1 Å². The van der Waals surface area contributed by atoms with E-state index in [4.69, 9.17) is 5.73 Å². The molecule has 2 unspecified atom stereocenters. The van der Waals surface area contributed by atoms with Gasteiger partial charge in [0.25, 0.3) is 0 Å². The zero-order chi connectivity index (χ0) is 13.2. The molecule has 1 fully saturated rings. The molecule has 0 aliphatic carbocycles. The molecule has 0 spiro atoms. The van der Waals surface area contributed by atoms with E-state index < -0.39 is 0 Å². The van der Waals surface area contributed by atoms with Gasteiger partial charge in [0, 0.05) is 35.1 Å². The number of rotatable bonds is 3. The Morgan fingerprint density at radius 2 is 2.16 bits per heavy atom. The van der Waals surface area contributed by atoms with E-state index in [1.165, 1.54) is 41.4 Å². The van der Waals surface area contributed by atoms with Crippen LogP contribution in [-0.2, 0) is 0 Å². The van der Waals surface area contributed by atoms with Gasteiger partial charge in [-0.25, -0.2) is 0 Å². The molecule has 0 amide bonds. The molecule has 3 rings (SSSR count). The third-order valence-electron chi connectivity index (χ3n) is 4.40. The molecule has 1 aliphatic rings. The van der Waals surface area contributed by atoms with Gasteiger partial charge >= 0.3 is 0 Å². The fourth-order valence-electron chi connectivity index (χ4n) is 3.48. The SMILES string of the molecule is Cc1[nH]c2ccccc2c1C(CN)C1CCCCN1. The molecule has 0 radical (unpaired) electrons. The molecule has 19 heavy (non-hydrogen) atoms. The van der Waals surface area contributed by atoms with Gasteiger partial charge in [0.05, 0.1) is 0 Å². The van der Waals surface area contributed by atoms with Crippen molar-refractivity contribution in [3.63, 3.8) is 0 Å². The highest BCUT2D eigenvalue weighted by Gasteiger charge is 2.27. The van der Waals surface area contributed by atoms with Gasteiger partial charge in [0.1, 0.15) is 0 Å². The van der Waals surface area contributed by atoms with Crippen molar-refractivity contribution < 1.29 is 0 Å². The van der Waals surface area contributed by atoms with Crippen LogP contribution in [0.3, 0.4) is 0 Å². The van der Waals surface area contributed by atoms with E-state index in [1.54, 1.807) is 0 Å². The van der Waals surface area contributed by atoms with Crippen molar-refractivity contribution in [1.82, 2.24) is 10.3 Å². The molecule has 1 aromatic carbocycles. The fraction of sp³-hybridized carbons (Fsp3) is 0.500. The topological polar surface area (TPSA) is 53.8 Å². The Labute approximate surface area is 114 Å². The second kappa shape index (κ2) is 5.35. The van der Waals surface area contributed by atoms with Crippen molar-refractivity contribution in [3.05, 3.63) is 35.5 Å². The molecule has 2 heterocycles. The second-order valence-electron chi connectivity index (χ2n) is 5.61. The Bertz CT molecular complexity index is 552. The number of benzene rings is 1. The summed E-state index contributed by atoms with van der Waals surface area (Å²) in [6.07, 6.45) is 3.84. The highest BCUT2D eigenvalue weighted by Crippen LogP contribution is 2.32. The molecule has 1 aliphatic heterocycles. The average Bonchev–Trinajstić information content (AvgIpc) is 2.78. The number of para-hydroxylation sites is 1. The maximum Gasteiger partial charge on any atom is 0.0458 e. The van der Waals surface area contributed by atoms with Crippen LogP contribution in [0.5, 0.6) is 0 Å². The predicted molar refractivity (Wildman–Crippen MR) is 80.5 cm³/mol. The molecule has 102 valence electrons. The maximum absolute atomic E-state index is 6.10. The first-order valence-electron chi connectivity index (χ1n) is 7.32. The lowest BCUT2D eigenvalue weighted by Crippen LogP contribution is -2.41. The van der Waals surface area contributed by atoms with E-state index in [1.807, 2.05) is 0 Å². The van der Waals surface area contributed by atoms with Crippen molar-refractivity contribution in [1.29, 1.82) is 0 Å². The largest absolute Gasteiger partial charge is 0.358 e. The number of nitrogens with two attached hydrogens (primary N) is 1. The van der Waals surface area contributed by atoms with Gasteiger partial charge in [-0.3, -0.25) is 0 Å². The van der Waals surface area contributed by atoms with Gasteiger partial charge in [0.2, 0.25) is 0 Å². The summed E-state index contributed by atoms with van der Waals surface area (Å²) < 4.78 is 0. The van der Waals surface area contributed by atoms with Crippen LogP contribution in [0.1, 0.15) is 36.4 Å². The molecule has 3 heteroatoms. The predicted octanol–water partition coefficient (Wildman–Crippen LogP) is 2.66. The molecule has 0 bridgehead atoms. The third-order valence-corrected chi connectivity index (χ3v) is 4.40. The molecule has 4 N–H and O–H groups in total. The highest BCUT2D eigenvalue weighted by molar-refractivity contribution is 5.85. The minimum absolute atomic E-state index is 0.413. The summed E-state index contributed by atoms with van der Waals surface area (Å²) >= 11 is 0. The number of aromatic nitrogens is 1. The lowest BCUT2D eigenvalue weighted by Gasteiger charge is -2.31. The molecule has 1 saturated heterocycles. The monoisotopic (exact) mass is 257 g/mol. The van der Waals surface area contributed by atoms with Crippen molar-refractivity contribution in [2.45, 2.75) is 38.1 Å². The number of aryl methyl sites for hydroxylation is 1. The Morgan fingerprint density at radius 3 is 2.89 bits per heavy atom. The van der Waals surface area contributed by atoms with E-state index in [-0.39, 0.29) is 0 Å². The van der Waals surface area contributed by atoms with Crippen LogP contribution in [0.25, 0.3) is 10.9 Å². The second-order valence-corrected chi connectivity index (χ2v) is 5.61. The van der Waals surface area contributed by atoms with Crippen LogP contribution in [0.4, 0.5) is 0 Å². The van der Waals surface area contributed by atoms with Crippen LogP contribution in [0, 0.1) is 6.92 Å². The molecule has 2 aromatic rings. The summed E-state index contributed by atoms with van der Waals surface area (Å²) in [6.45, 7) is 4.00. The van der Waals surface area contributed by atoms with E-state index in [0.717, 1.165) is 6.54 Å². The van der Waals surface area contributed by atoms with Gasteiger partial charge < -0.3 is 16.0 Å². The number of hydrogen-bond acceptors (Lipinski definition) is 2. The van der Waals surface area contributed by atoms with Crippen LogP contribution in [0.15, 0.2) is 24.3 Å². The minimum Gasteiger partial charge on any atom is -0.358 e. The first-order chi connectivity index (χ1) is 9.31. The Kier molecular flexibility index (Phi) is 3.58. The Morgan fingerprint density at radius 1 is 1.32 bits per heavy atom.